The summed E-state index contributed by atoms with van der Waals surface area (Å²) in [6.45, 7) is 1.92. The second-order valence-corrected chi connectivity index (χ2v) is 5.50. The number of hydrogen-bond acceptors (Lipinski definition) is 2. The fourth-order valence-corrected chi connectivity index (χ4v) is 2.47. The molecule has 1 aromatic rings. The van der Waals surface area contributed by atoms with Crippen molar-refractivity contribution in [3.05, 3.63) is 28.8 Å². The molecule has 0 atom stereocenters. The molecule has 0 aliphatic rings. The summed E-state index contributed by atoms with van der Waals surface area (Å²) < 4.78 is 22.0. The zero-order chi connectivity index (χ0) is 10.1. The van der Waals surface area contributed by atoms with E-state index in [2.05, 4.69) is 0 Å². The summed E-state index contributed by atoms with van der Waals surface area (Å²) in [7, 11) is 1.45. The predicted molar refractivity (Wildman–Crippen MR) is 53.9 cm³/mol. The van der Waals surface area contributed by atoms with Gasteiger partial charge >= 0.3 is 0 Å². The highest BCUT2D eigenvalue weighted by molar-refractivity contribution is 8.13. The van der Waals surface area contributed by atoms with Crippen LogP contribution in [0.4, 0.5) is 0 Å². The molecule has 0 aliphatic carbocycles. The van der Waals surface area contributed by atoms with E-state index in [1.54, 1.807) is 6.07 Å². The SMILES string of the molecule is CCc1ccc(Cl)c(S(=O)(=O)Cl)c1. The minimum Gasteiger partial charge on any atom is -0.207 e. The van der Waals surface area contributed by atoms with Crippen LogP contribution >= 0.6 is 22.3 Å². The molecule has 0 aromatic heterocycles. The summed E-state index contributed by atoms with van der Waals surface area (Å²) in [5.74, 6) is 0. The van der Waals surface area contributed by atoms with Crippen LogP contribution in [0.15, 0.2) is 23.1 Å². The minimum atomic E-state index is -3.73. The van der Waals surface area contributed by atoms with E-state index in [0.717, 1.165) is 12.0 Å². The largest absolute Gasteiger partial charge is 0.262 e. The Morgan fingerprint density at radius 2 is 2.00 bits per heavy atom. The molecule has 0 unspecified atom stereocenters. The van der Waals surface area contributed by atoms with Crippen molar-refractivity contribution in [1.29, 1.82) is 0 Å². The van der Waals surface area contributed by atoms with E-state index in [4.69, 9.17) is 22.3 Å². The van der Waals surface area contributed by atoms with Crippen molar-refractivity contribution in [2.24, 2.45) is 0 Å². The molecule has 0 N–H and O–H groups in total. The molecule has 72 valence electrons. The fourth-order valence-electron chi connectivity index (χ4n) is 0.955. The van der Waals surface area contributed by atoms with Crippen LogP contribution < -0.4 is 0 Å². The Kier molecular flexibility index (Phi) is 3.22. The van der Waals surface area contributed by atoms with Crippen molar-refractivity contribution in [3.63, 3.8) is 0 Å². The average Bonchev–Trinajstić information content (AvgIpc) is 2.03. The van der Waals surface area contributed by atoms with Crippen LogP contribution in [0.1, 0.15) is 12.5 Å². The predicted octanol–water partition coefficient (Wildman–Crippen LogP) is 2.83. The van der Waals surface area contributed by atoms with Gasteiger partial charge in [-0.3, -0.25) is 0 Å². The Balaban J connectivity index is 3.36. The molecule has 0 radical (unpaired) electrons. The molecule has 0 spiro atoms. The van der Waals surface area contributed by atoms with Gasteiger partial charge in [0.15, 0.2) is 0 Å². The van der Waals surface area contributed by atoms with E-state index < -0.39 is 9.05 Å². The number of aryl methyl sites for hydroxylation is 1. The highest BCUT2D eigenvalue weighted by Gasteiger charge is 2.14. The van der Waals surface area contributed by atoms with Crippen LogP contribution in [0.3, 0.4) is 0 Å². The first-order valence-electron chi connectivity index (χ1n) is 3.68. The van der Waals surface area contributed by atoms with E-state index in [1.807, 2.05) is 6.92 Å². The lowest BCUT2D eigenvalue weighted by molar-refractivity contribution is 0.609. The number of benzene rings is 1. The lowest BCUT2D eigenvalue weighted by Crippen LogP contribution is -1.93. The van der Waals surface area contributed by atoms with Gasteiger partial charge in [-0.2, -0.15) is 0 Å². The van der Waals surface area contributed by atoms with E-state index in [0.29, 0.717) is 0 Å². The maximum Gasteiger partial charge on any atom is 0.262 e. The van der Waals surface area contributed by atoms with Crippen molar-refractivity contribution in [2.75, 3.05) is 0 Å². The van der Waals surface area contributed by atoms with Gasteiger partial charge in [0.05, 0.1) is 5.02 Å². The number of hydrogen-bond donors (Lipinski definition) is 0. The summed E-state index contributed by atoms with van der Waals surface area (Å²) >= 11 is 5.67. The molecule has 5 heteroatoms. The quantitative estimate of drug-likeness (QED) is 0.743. The van der Waals surface area contributed by atoms with Crippen molar-refractivity contribution in [3.8, 4) is 0 Å². The Morgan fingerprint density at radius 3 is 2.46 bits per heavy atom. The zero-order valence-electron chi connectivity index (χ0n) is 6.92. The smallest absolute Gasteiger partial charge is 0.207 e. The molecule has 0 aliphatic heterocycles. The van der Waals surface area contributed by atoms with Gasteiger partial charge in [0, 0.05) is 10.7 Å². The van der Waals surface area contributed by atoms with E-state index in [9.17, 15) is 8.42 Å². The molecule has 0 saturated heterocycles. The summed E-state index contributed by atoms with van der Waals surface area (Å²) in [5.41, 5.74) is 0.892. The molecule has 1 rings (SSSR count). The molecule has 13 heavy (non-hydrogen) atoms. The van der Waals surface area contributed by atoms with Gasteiger partial charge in [-0.1, -0.05) is 24.6 Å². The van der Waals surface area contributed by atoms with Gasteiger partial charge in [-0.25, -0.2) is 8.42 Å². The van der Waals surface area contributed by atoms with Crippen LogP contribution in [-0.4, -0.2) is 8.42 Å². The van der Waals surface area contributed by atoms with Crippen LogP contribution in [0, 0.1) is 0 Å². The molecule has 0 saturated carbocycles. The first-order chi connectivity index (χ1) is 5.95. The lowest BCUT2D eigenvalue weighted by Gasteiger charge is -2.02. The molecule has 2 nitrogen and oxygen atoms in total. The van der Waals surface area contributed by atoms with Gasteiger partial charge in [-0.05, 0) is 24.1 Å². The van der Waals surface area contributed by atoms with Gasteiger partial charge in [0.2, 0.25) is 0 Å². The van der Waals surface area contributed by atoms with Crippen molar-refractivity contribution < 1.29 is 8.42 Å². The van der Waals surface area contributed by atoms with Gasteiger partial charge in [0.1, 0.15) is 4.90 Å². The first-order valence-corrected chi connectivity index (χ1v) is 6.37. The molecule has 0 bridgehead atoms. The molecule has 0 fully saturated rings. The lowest BCUT2D eigenvalue weighted by atomic mass is 10.2. The molecule has 0 amide bonds. The van der Waals surface area contributed by atoms with Crippen LogP contribution in [0.5, 0.6) is 0 Å². The zero-order valence-corrected chi connectivity index (χ0v) is 9.25. The normalized spacial score (nSPS) is 11.6. The van der Waals surface area contributed by atoms with E-state index >= 15 is 0 Å². The fraction of sp³-hybridized carbons (Fsp3) is 0.250. The summed E-state index contributed by atoms with van der Waals surface area (Å²) in [6.07, 6.45) is 0.747. The molecule has 0 heterocycles. The van der Waals surface area contributed by atoms with Crippen LogP contribution in [0.2, 0.25) is 5.02 Å². The summed E-state index contributed by atoms with van der Waals surface area (Å²) in [6, 6.07) is 4.80. The third kappa shape index (κ3) is 2.59. The van der Waals surface area contributed by atoms with Crippen LogP contribution in [0.25, 0.3) is 0 Å². The van der Waals surface area contributed by atoms with Gasteiger partial charge in [-0.15, -0.1) is 0 Å². The topological polar surface area (TPSA) is 34.1 Å². The van der Waals surface area contributed by atoms with E-state index in [-0.39, 0.29) is 9.92 Å². The standard InChI is InChI=1S/C8H8Cl2O2S/c1-2-6-3-4-7(9)8(5-6)13(10,11)12/h3-5H,2H2,1H3. The van der Waals surface area contributed by atoms with Crippen LogP contribution in [-0.2, 0) is 15.5 Å². The van der Waals surface area contributed by atoms with Crippen molar-refractivity contribution in [1.82, 2.24) is 0 Å². The highest BCUT2D eigenvalue weighted by atomic mass is 35.7. The van der Waals surface area contributed by atoms with Crippen molar-refractivity contribution in [2.45, 2.75) is 18.2 Å². The maximum atomic E-state index is 11.0. The molecular formula is C8H8Cl2O2S. The second-order valence-electron chi connectivity index (χ2n) is 2.56. The molecule has 1 aromatic carbocycles. The highest BCUT2D eigenvalue weighted by Crippen LogP contribution is 2.25. The van der Waals surface area contributed by atoms with Crippen molar-refractivity contribution >= 4 is 31.3 Å². The Hall–Kier alpha value is -0.250. The molecular weight excluding hydrogens is 231 g/mol. The van der Waals surface area contributed by atoms with Gasteiger partial charge < -0.3 is 0 Å². The number of rotatable bonds is 2. The minimum absolute atomic E-state index is 0.0183. The Bertz CT molecular complexity index is 412. The van der Waals surface area contributed by atoms with Gasteiger partial charge in [0.25, 0.3) is 9.05 Å². The third-order valence-corrected chi connectivity index (χ3v) is 3.47. The second kappa shape index (κ2) is 3.86. The average molecular weight is 239 g/mol. The number of halogens is 2. The van der Waals surface area contributed by atoms with E-state index in [1.165, 1.54) is 12.1 Å². The first kappa shape index (κ1) is 10.8. The monoisotopic (exact) mass is 238 g/mol. The summed E-state index contributed by atoms with van der Waals surface area (Å²) in [4.78, 5) is -0.0183. The third-order valence-electron chi connectivity index (χ3n) is 1.67. The maximum absolute atomic E-state index is 11.0. The Morgan fingerprint density at radius 1 is 1.38 bits per heavy atom. The summed E-state index contributed by atoms with van der Waals surface area (Å²) in [5, 5.41) is 0.159. The Labute approximate surface area is 86.9 Å².